The minimum absolute atomic E-state index is 0.154. The smallest absolute Gasteiger partial charge is 0.311 e. The van der Waals surface area contributed by atoms with Gasteiger partial charge in [0.1, 0.15) is 0 Å². The number of imidazole rings is 1. The second kappa shape index (κ2) is 8.59. The van der Waals surface area contributed by atoms with Crippen molar-refractivity contribution >= 4 is 40.3 Å². The first kappa shape index (κ1) is 18.1. The fraction of sp³-hybridized carbons (Fsp3) is 0.176. The summed E-state index contributed by atoms with van der Waals surface area (Å²) >= 11 is 7.68. The zero-order valence-electron chi connectivity index (χ0n) is 13.9. The van der Waals surface area contributed by atoms with Gasteiger partial charge in [-0.05, 0) is 24.6 Å². The third kappa shape index (κ3) is 4.68. The maximum Gasteiger partial charge on any atom is 0.311 e. The second-order valence-corrected chi connectivity index (χ2v) is 6.44. The molecule has 0 bridgehead atoms. The molecule has 134 valence electrons. The highest BCUT2D eigenvalue weighted by Gasteiger charge is 2.08. The van der Waals surface area contributed by atoms with E-state index < -0.39 is 0 Å². The van der Waals surface area contributed by atoms with Crippen molar-refractivity contribution in [2.75, 3.05) is 12.0 Å². The third-order valence-electron chi connectivity index (χ3n) is 3.31. The summed E-state index contributed by atoms with van der Waals surface area (Å²) in [5.41, 5.74) is 5.19. The first-order valence-corrected chi connectivity index (χ1v) is 9.08. The molecular weight excluding hydrogens is 374 g/mol. The average molecular weight is 390 g/mol. The van der Waals surface area contributed by atoms with Crippen molar-refractivity contribution in [1.82, 2.24) is 14.5 Å². The maximum atomic E-state index is 11.4. The molecule has 0 saturated heterocycles. The number of ether oxygens (including phenoxy) is 1. The van der Waals surface area contributed by atoms with E-state index in [0.29, 0.717) is 22.5 Å². The van der Waals surface area contributed by atoms with Gasteiger partial charge >= 0.3 is 5.97 Å². The van der Waals surface area contributed by atoms with E-state index in [1.807, 2.05) is 29.0 Å². The number of carbonyl (C=O) groups excluding carboxylic acids is 1. The largest absolute Gasteiger partial charge is 0.466 e. The molecule has 0 unspecified atom stereocenters. The first-order chi connectivity index (χ1) is 12.7. The Kier molecular flexibility index (Phi) is 5.98. The van der Waals surface area contributed by atoms with E-state index in [2.05, 4.69) is 20.5 Å². The second-order valence-electron chi connectivity index (χ2n) is 5.18. The summed E-state index contributed by atoms with van der Waals surface area (Å²) in [5, 5.41) is 7.14. The number of halogens is 1. The monoisotopic (exact) mass is 389 g/mol. The fourth-order valence-electron chi connectivity index (χ4n) is 2.18. The van der Waals surface area contributed by atoms with Crippen molar-refractivity contribution in [3.8, 4) is 5.69 Å². The van der Waals surface area contributed by atoms with Gasteiger partial charge in [-0.3, -0.25) is 10.2 Å². The molecule has 0 fully saturated rings. The van der Waals surface area contributed by atoms with Crippen LogP contribution < -0.4 is 5.43 Å². The van der Waals surface area contributed by atoms with E-state index in [1.54, 1.807) is 31.0 Å². The van der Waals surface area contributed by atoms with Crippen LogP contribution in [-0.2, 0) is 16.0 Å². The summed E-state index contributed by atoms with van der Waals surface area (Å²) in [5.74, 6) is -0.291. The number of hydrogen-bond donors (Lipinski definition) is 1. The molecule has 3 rings (SSSR count). The lowest BCUT2D eigenvalue weighted by molar-refractivity contribution is -0.142. The summed E-state index contributed by atoms with van der Waals surface area (Å²) in [6.45, 7) is 2.13. The van der Waals surface area contributed by atoms with Crippen molar-refractivity contribution in [2.45, 2.75) is 13.3 Å². The highest BCUT2D eigenvalue weighted by Crippen LogP contribution is 2.21. The van der Waals surface area contributed by atoms with Crippen LogP contribution in [0.15, 0.2) is 47.4 Å². The van der Waals surface area contributed by atoms with Crippen molar-refractivity contribution in [2.24, 2.45) is 5.10 Å². The predicted octanol–water partition coefficient (Wildman–Crippen LogP) is 3.53. The number of rotatable bonds is 7. The van der Waals surface area contributed by atoms with Crippen LogP contribution in [-0.4, -0.2) is 33.3 Å². The van der Waals surface area contributed by atoms with E-state index in [-0.39, 0.29) is 12.4 Å². The average Bonchev–Trinajstić information content (AvgIpc) is 3.27. The Labute approximate surface area is 159 Å². The van der Waals surface area contributed by atoms with Gasteiger partial charge in [0, 0.05) is 17.8 Å². The number of aromatic nitrogens is 3. The van der Waals surface area contributed by atoms with Crippen LogP contribution >= 0.6 is 22.9 Å². The number of benzene rings is 1. The molecule has 3 aromatic rings. The molecule has 1 N–H and O–H groups in total. The SMILES string of the molecule is CCOC(=O)Cc1csc(NN=Cc2ccc(-n3ccnc3)c(Cl)c2)n1. The molecule has 1 aromatic carbocycles. The van der Waals surface area contributed by atoms with Gasteiger partial charge in [0.05, 0.1) is 42.0 Å². The number of hydrogen-bond acceptors (Lipinski definition) is 7. The number of hydrazone groups is 1. The van der Waals surface area contributed by atoms with Crippen LogP contribution in [0.1, 0.15) is 18.2 Å². The Morgan fingerprint density at radius 1 is 1.50 bits per heavy atom. The Bertz CT molecular complexity index is 908. The van der Waals surface area contributed by atoms with Crippen LogP contribution in [0.3, 0.4) is 0 Å². The Morgan fingerprint density at radius 2 is 2.38 bits per heavy atom. The summed E-state index contributed by atoms with van der Waals surface area (Å²) in [6.07, 6.45) is 7.01. The third-order valence-corrected chi connectivity index (χ3v) is 4.41. The molecule has 0 atom stereocenters. The molecule has 0 saturated carbocycles. The molecule has 0 amide bonds. The normalized spacial score (nSPS) is 11.0. The van der Waals surface area contributed by atoms with Crippen LogP contribution in [0, 0.1) is 0 Å². The molecule has 26 heavy (non-hydrogen) atoms. The van der Waals surface area contributed by atoms with E-state index in [9.17, 15) is 4.79 Å². The molecule has 2 heterocycles. The summed E-state index contributed by atoms with van der Waals surface area (Å²) in [4.78, 5) is 19.7. The van der Waals surface area contributed by atoms with E-state index in [0.717, 1.165) is 11.3 Å². The maximum absolute atomic E-state index is 11.4. The molecule has 0 radical (unpaired) electrons. The number of anilines is 1. The standard InChI is InChI=1S/C17H16ClN5O2S/c1-2-25-16(24)8-13-10-26-17(21-13)22-20-9-12-3-4-15(14(18)7-12)23-6-5-19-11-23/h3-7,9-11H,2,8H2,1H3,(H,21,22). The first-order valence-electron chi connectivity index (χ1n) is 7.82. The Hall–Kier alpha value is -2.71. The predicted molar refractivity (Wildman–Crippen MR) is 102 cm³/mol. The molecule has 2 aromatic heterocycles. The van der Waals surface area contributed by atoms with Gasteiger partial charge in [-0.25, -0.2) is 9.97 Å². The molecule has 0 aliphatic rings. The molecule has 9 heteroatoms. The molecule has 0 aliphatic carbocycles. The zero-order valence-corrected chi connectivity index (χ0v) is 15.5. The van der Waals surface area contributed by atoms with E-state index in [1.165, 1.54) is 11.3 Å². The van der Waals surface area contributed by atoms with Crippen molar-refractivity contribution in [3.63, 3.8) is 0 Å². The number of nitrogens with one attached hydrogen (secondary N) is 1. The minimum atomic E-state index is -0.291. The molecule has 7 nitrogen and oxygen atoms in total. The van der Waals surface area contributed by atoms with Gasteiger partial charge in [0.15, 0.2) is 0 Å². The van der Waals surface area contributed by atoms with Crippen molar-refractivity contribution in [1.29, 1.82) is 0 Å². The van der Waals surface area contributed by atoms with Gasteiger partial charge in [0.2, 0.25) is 5.13 Å². The minimum Gasteiger partial charge on any atom is -0.466 e. The summed E-state index contributed by atoms with van der Waals surface area (Å²) in [7, 11) is 0. The van der Waals surface area contributed by atoms with Gasteiger partial charge in [-0.15, -0.1) is 11.3 Å². The topological polar surface area (TPSA) is 81.4 Å². The van der Waals surface area contributed by atoms with Crippen molar-refractivity contribution < 1.29 is 9.53 Å². The lowest BCUT2D eigenvalue weighted by Crippen LogP contribution is -2.07. The highest BCUT2D eigenvalue weighted by molar-refractivity contribution is 7.13. The van der Waals surface area contributed by atoms with Gasteiger partial charge in [-0.2, -0.15) is 5.10 Å². The lowest BCUT2D eigenvalue weighted by Gasteiger charge is -2.05. The van der Waals surface area contributed by atoms with Gasteiger partial charge < -0.3 is 9.30 Å². The van der Waals surface area contributed by atoms with Gasteiger partial charge in [0.25, 0.3) is 0 Å². The number of thiazole rings is 1. The van der Waals surface area contributed by atoms with Crippen molar-refractivity contribution in [3.05, 3.63) is 58.6 Å². The quantitative estimate of drug-likeness (QED) is 0.379. The number of esters is 1. The van der Waals surface area contributed by atoms with Gasteiger partial charge in [-0.1, -0.05) is 17.7 Å². The fourth-order valence-corrected chi connectivity index (χ4v) is 3.12. The summed E-state index contributed by atoms with van der Waals surface area (Å²) < 4.78 is 6.73. The van der Waals surface area contributed by atoms with Crippen LogP contribution in [0.4, 0.5) is 5.13 Å². The highest BCUT2D eigenvalue weighted by atomic mass is 35.5. The van der Waals surface area contributed by atoms with Crippen LogP contribution in [0.2, 0.25) is 5.02 Å². The Morgan fingerprint density at radius 3 is 3.12 bits per heavy atom. The number of nitrogens with zero attached hydrogens (tertiary/aromatic N) is 4. The zero-order chi connectivity index (χ0) is 18.4. The van der Waals surface area contributed by atoms with Crippen LogP contribution in [0.25, 0.3) is 5.69 Å². The van der Waals surface area contributed by atoms with Crippen LogP contribution in [0.5, 0.6) is 0 Å². The molecule has 0 spiro atoms. The number of carbonyl (C=O) groups is 1. The molecule has 0 aliphatic heterocycles. The summed E-state index contributed by atoms with van der Waals surface area (Å²) in [6, 6.07) is 5.61. The van der Waals surface area contributed by atoms with E-state index in [4.69, 9.17) is 16.3 Å². The van der Waals surface area contributed by atoms with E-state index >= 15 is 0 Å². The Balaban J connectivity index is 1.60. The lowest BCUT2D eigenvalue weighted by atomic mass is 10.2. The molecular formula is C17H16ClN5O2S.